The van der Waals surface area contributed by atoms with E-state index in [9.17, 15) is 13.2 Å². The van der Waals surface area contributed by atoms with Crippen molar-refractivity contribution in [3.63, 3.8) is 0 Å². The van der Waals surface area contributed by atoms with Crippen molar-refractivity contribution in [2.24, 2.45) is 5.41 Å². The van der Waals surface area contributed by atoms with E-state index in [4.69, 9.17) is 15.7 Å². The van der Waals surface area contributed by atoms with E-state index in [1.165, 1.54) is 6.07 Å². The lowest BCUT2D eigenvalue weighted by atomic mass is 9.89. The van der Waals surface area contributed by atoms with Crippen molar-refractivity contribution >= 4 is 5.69 Å². The van der Waals surface area contributed by atoms with E-state index in [-0.39, 0.29) is 16.9 Å². The van der Waals surface area contributed by atoms with Gasteiger partial charge in [0, 0.05) is 0 Å². The predicted molar refractivity (Wildman–Crippen MR) is 74.6 cm³/mol. The summed E-state index contributed by atoms with van der Waals surface area (Å²) in [5, 5.41) is 8.87. The largest absolute Gasteiger partial charge is 0.491 e. The number of unbranched alkanes of at least 4 members (excludes halogenated alkanes) is 1. The number of anilines is 1. The lowest BCUT2D eigenvalue weighted by Crippen LogP contribution is -2.09. The zero-order chi connectivity index (χ0) is 16.1. The Balaban J connectivity index is 2.45. The highest BCUT2D eigenvalue weighted by Gasteiger charge is 2.30. The minimum absolute atomic E-state index is 0.0258. The quantitative estimate of drug-likeness (QED) is 0.626. The highest BCUT2D eigenvalue weighted by atomic mass is 19.4. The molecule has 0 spiro atoms. The third-order valence-electron chi connectivity index (χ3n) is 3.09. The van der Waals surface area contributed by atoms with E-state index in [1.54, 1.807) is 0 Å². The van der Waals surface area contributed by atoms with Crippen molar-refractivity contribution in [2.45, 2.75) is 39.3 Å². The minimum Gasteiger partial charge on any atom is -0.491 e. The van der Waals surface area contributed by atoms with Crippen LogP contribution in [0.1, 0.15) is 38.7 Å². The first kappa shape index (κ1) is 17.2. The molecule has 0 fully saturated rings. The van der Waals surface area contributed by atoms with Crippen LogP contribution < -0.4 is 10.5 Å². The summed E-state index contributed by atoms with van der Waals surface area (Å²) >= 11 is 0. The lowest BCUT2D eigenvalue weighted by molar-refractivity contribution is -0.137. The maximum Gasteiger partial charge on any atom is 0.416 e. The van der Waals surface area contributed by atoms with Gasteiger partial charge in [0.15, 0.2) is 0 Å². The average Bonchev–Trinajstić information content (AvgIpc) is 2.38. The Kier molecular flexibility index (Phi) is 5.47. The molecule has 0 saturated heterocycles. The maximum atomic E-state index is 12.5. The van der Waals surface area contributed by atoms with Crippen molar-refractivity contribution in [1.82, 2.24) is 0 Å². The van der Waals surface area contributed by atoms with E-state index in [1.807, 2.05) is 13.8 Å². The van der Waals surface area contributed by atoms with Crippen molar-refractivity contribution in [1.29, 1.82) is 5.26 Å². The van der Waals surface area contributed by atoms with Crippen LogP contribution in [0.4, 0.5) is 18.9 Å². The fraction of sp³-hybridized carbons (Fsp3) is 0.533. The van der Waals surface area contributed by atoms with Crippen LogP contribution in [0.25, 0.3) is 0 Å². The van der Waals surface area contributed by atoms with Gasteiger partial charge in [0.25, 0.3) is 0 Å². The summed E-state index contributed by atoms with van der Waals surface area (Å²) in [6, 6.07) is 5.26. The van der Waals surface area contributed by atoms with E-state index < -0.39 is 11.7 Å². The minimum atomic E-state index is -4.41. The maximum absolute atomic E-state index is 12.5. The number of nitrogens with zero attached hydrogens (tertiary/aromatic N) is 1. The van der Waals surface area contributed by atoms with Crippen LogP contribution in [0.3, 0.4) is 0 Å². The Morgan fingerprint density at radius 2 is 1.90 bits per heavy atom. The van der Waals surface area contributed by atoms with Crippen molar-refractivity contribution < 1.29 is 17.9 Å². The second-order valence-electron chi connectivity index (χ2n) is 5.55. The molecule has 1 aromatic rings. The molecule has 21 heavy (non-hydrogen) atoms. The molecule has 0 saturated carbocycles. The first-order chi connectivity index (χ1) is 9.65. The van der Waals surface area contributed by atoms with Crippen LogP contribution in [0.5, 0.6) is 5.75 Å². The van der Waals surface area contributed by atoms with Crippen LogP contribution in [0, 0.1) is 16.7 Å². The number of hydrogen-bond acceptors (Lipinski definition) is 3. The second-order valence-corrected chi connectivity index (χ2v) is 5.55. The SMILES string of the molecule is CC(C)(C#N)CCCCOc1ccc(C(F)(F)F)cc1N. The van der Waals surface area contributed by atoms with E-state index in [0.29, 0.717) is 13.0 Å². The molecule has 1 rings (SSSR count). The van der Waals surface area contributed by atoms with Crippen molar-refractivity contribution in [3.05, 3.63) is 23.8 Å². The zero-order valence-electron chi connectivity index (χ0n) is 12.1. The number of nitrogen functional groups attached to an aromatic ring is 1. The molecule has 116 valence electrons. The first-order valence-corrected chi connectivity index (χ1v) is 6.66. The van der Waals surface area contributed by atoms with Gasteiger partial charge in [0.05, 0.1) is 29.3 Å². The Hall–Kier alpha value is -1.90. The molecule has 0 atom stereocenters. The molecular weight excluding hydrogens is 281 g/mol. The van der Waals surface area contributed by atoms with E-state index in [2.05, 4.69) is 6.07 Å². The number of alkyl halides is 3. The Morgan fingerprint density at radius 1 is 1.24 bits per heavy atom. The standard InChI is InChI=1S/C15H19F3N2O/c1-14(2,10-19)7-3-4-8-21-13-6-5-11(9-12(13)20)15(16,17)18/h5-6,9H,3-4,7-8,20H2,1-2H3. The van der Waals surface area contributed by atoms with Crippen LogP contribution in [0.15, 0.2) is 18.2 Å². The van der Waals surface area contributed by atoms with Gasteiger partial charge in [-0.1, -0.05) is 0 Å². The molecule has 2 N–H and O–H groups in total. The van der Waals surface area contributed by atoms with Gasteiger partial charge in [0.2, 0.25) is 0 Å². The fourth-order valence-electron chi connectivity index (χ4n) is 1.76. The number of nitriles is 1. The monoisotopic (exact) mass is 300 g/mol. The van der Waals surface area contributed by atoms with Crippen molar-refractivity contribution in [2.75, 3.05) is 12.3 Å². The molecule has 6 heteroatoms. The van der Waals surface area contributed by atoms with Gasteiger partial charge in [-0.05, 0) is 51.3 Å². The number of rotatable bonds is 6. The summed E-state index contributed by atoms with van der Waals surface area (Å²) in [6.45, 7) is 4.08. The molecule has 3 nitrogen and oxygen atoms in total. The Morgan fingerprint density at radius 3 is 2.43 bits per heavy atom. The highest BCUT2D eigenvalue weighted by molar-refractivity contribution is 5.54. The van der Waals surface area contributed by atoms with Gasteiger partial charge in [-0.25, -0.2) is 0 Å². The Bertz CT molecular complexity index is 519. The zero-order valence-corrected chi connectivity index (χ0v) is 12.1. The van der Waals surface area contributed by atoms with Crippen LogP contribution in [-0.4, -0.2) is 6.61 Å². The number of nitrogens with two attached hydrogens (primary N) is 1. The second kappa shape index (κ2) is 6.70. The molecule has 0 aromatic heterocycles. The fourth-order valence-corrected chi connectivity index (χ4v) is 1.76. The van der Waals surface area contributed by atoms with Gasteiger partial charge in [-0.15, -0.1) is 0 Å². The number of halogens is 3. The van der Waals surface area contributed by atoms with Crippen molar-refractivity contribution in [3.8, 4) is 11.8 Å². The highest BCUT2D eigenvalue weighted by Crippen LogP contribution is 2.33. The molecule has 0 amide bonds. The number of hydrogen-bond donors (Lipinski definition) is 1. The molecule has 0 aliphatic carbocycles. The molecule has 0 heterocycles. The summed E-state index contributed by atoms with van der Waals surface area (Å²) in [5.41, 5.74) is 4.37. The van der Waals surface area contributed by atoms with Gasteiger partial charge in [0.1, 0.15) is 5.75 Å². The van der Waals surface area contributed by atoms with Crippen LogP contribution in [0.2, 0.25) is 0 Å². The topological polar surface area (TPSA) is 59.0 Å². The third-order valence-corrected chi connectivity index (χ3v) is 3.09. The predicted octanol–water partition coefficient (Wildman–Crippen LogP) is 4.39. The van der Waals surface area contributed by atoms with Crippen LogP contribution in [-0.2, 0) is 6.18 Å². The van der Waals surface area contributed by atoms with Gasteiger partial charge >= 0.3 is 6.18 Å². The third kappa shape index (κ3) is 5.54. The number of ether oxygens (including phenoxy) is 1. The van der Waals surface area contributed by atoms with E-state index >= 15 is 0 Å². The summed E-state index contributed by atoms with van der Waals surface area (Å²) < 4.78 is 42.8. The molecule has 0 aliphatic rings. The smallest absolute Gasteiger partial charge is 0.416 e. The molecule has 0 bridgehead atoms. The molecule has 0 unspecified atom stereocenters. The first-order valence-electron chi connectivity index (χ1n) is 6.66. The Labute approximate surface area is 122 Å². The summed E-state index contributed by atoms with van der Waals surface area (Å²) in [4.78, 5) is 0. The molecule has 0 aliphatic heterocycles. The number of benzene rings is 1. The molecular formula is C15H19F3N2O. The normalized spacial score (nSPS) is 12.0. The summed E-state index contributed by atoms with van der Waals surface area (Å²) in [7, 11) is 0. The van der Waals surface area contributed by atoms with Crippen LogP contribution >= 0.6 is 0 Å². The molecule has 1 aromatic carbocycles. The average molecular weight is 300 g/mol. The van der Waals surface area contributed by atoms with Gasteiger partial charge in [-0.3, -0.25) is 0 Å². The summed E-state index contributed by atoms with van der Waals surface area (Å²) in [6.07, 6.45) is -2.14. The van der Waals surface area contributed by atoms with Gasteiger partial charge in [-0.2, -0.15) is 18.4 Å². The summed E-state index contributed by atoms with van der Waals surface area (Å²) in [5.74, 6) is 0.252. The molecule has 0 radical (unpaired) electrons. The lowest BCUT2D eigenvalue weighted by Gasteiger charge is -2.15. The van der Waals surface area contributed by atoms with Gasteiger partial charge < -0.3 is 10.5 Å². The van der Waals surface area contributed by atoms with E-state index in [0.717, 1.165) is 25.0 Å².